The van der Waals surface area contributed by atoms with Gasteiger partial charge in [-0.15, -0.1) is 0 Å². The molecule has 2 heteroatoms. The molecule has 0 amide bonds. The normalized spacial score (nSPS) is 41.0. The van der Waals surface area contributed by atoms with Crippen LogP contribution in [0.1, 0.15) is 58.3 Å². The lowest BCUT2D eigenvalue weighted by atomic mass is 9.68. The van der Waals surface area contributed by atoms with Crippen molar-refractivity contribution in [3.63, 3.8) is 0 Å². The second-order valence-electron chi connectivity index (χ2n) is 8.88. The van der Waals surface area contributed by atoms with E-state index in [1.165, 1.54) is 38.5 Å². The molecule has 132 valence electrons. The minimum atomic E-state index is -0.244. The third-order valence-electron chi connectivity index (χ3n) is 7.46. The van der Waals surface area contributed by atoms with Crippen LogP contribution in [-0.2, 0) is 9.53 Å². The highest BCUT2D eigenvalue weighted by molar-refractivity contribution is 5.86. The summed E-state index contributed by atoms with van der Waals surface area (Å²) < 4.78 is 5.15. The van der Waals surface area contributed by atoms with Gasteiger partial charge in [0.2, 0.25) is 0 Å². The van der Waals surface area contributed by atoms with Crippen LogP contribution in [-0.4, -0.2) is 12.6 Å². The molecule has 3 fully saturated rings. The van der Waals surface area contributed by atoms with Crippen LogP contribution in [0.2, 0.25) is 0 Å². The molecule has 0 aromatic carbocycles. The first-order valence-corrected chi connectivity index (χ1v) is 10.2. The Balaban J connectivity index is 1.13. The van der Waals surface area contributed by atoms with Crippen molar-refractivity contribution >= 4 is 5.97 Å². The summed E-state index contributed by atoms with van der Waals surface area (Å²) in [4.78, 5) is 11.3. The van der Waals surface area contributed by atoms with Crippen LogP contribution in [0.15, 0.2) is 24.3 Å². The molecule has 3 saturated carbocycles. The van der Waals surface area contributed by atoms with Crippen molar-refractivity contribution in [1.82, 2.24) is 0 Å². The van der Waals surface area contributed by atoms with E-state index in [0.29, 0.717) is 12.2 Å². The quantitative estimate of drug-likeness (QED) is 0.202. The van der Waals surface area contributed by atoms with Gasteiger partial charge in [0.05, 0.1) is 6.61 Å². The number of carbonyl (C=O) groups is 1. The van der Waals surface area contributed by atoms with Gasteiger partial charge in [-0.1, -0.05) is 44.4 Å². The summed E-state index contributed by atoms with van der Waals surface area (Å²) in [7, 11) is 0. The molecule has 0 spiro atoms. The van der Waals surface area contributed by atoms with Crippen molar-refractivity contribution in [2.75, 3.05) is 6.61 Å². The zero-order chi connectivity index (χ0) is 16.7. The number of rotatable bonds is 8. The average Bonchev–Trinajstić information content (AvgIpc) is 3.31. The molecule has 4 aliphatic rings. The first-order valence-electron chi connectivity index (χ1n) is 10.2. The van der Waals surface area contributed by atoms with Crippen LogP contribution in [0.3, 0.4) is 0 Å². The summed E-state index contributed by atoms with van der Waals surface area (Å²) in [6, 6.07) is 0. The Morgan fingerprint density at radius 1 is 1.04 bits per heavy atom. The summed E-state index contributed by atoms with van der Waals surface area (Å²) in [6.45, 7) is 5.86. The van der Waals surface area contributed by atoms with Gasteiger partial charge in [-0.25, -0.2) is 4.79 Å². The topological polar surface area (TPSA) is 26.3 Å². The molecule has 4 aliphatic carbocycles. The van der Waals surface area contributed by atoms with Gasteiger partial charge >= 0.3 is 5.97 Å². The fourth-order valence-electron chi connectivity index (χ4n) is 6.64. The van der Waals surface area contributed by atoms with E-state index in [-0.39, 0.29) is 5.97 Å². The van der Waals surface area contributed by atoms with Crippen molar-refractivity contribution in [2.24, 2.45) is 41.4 Å². The molecule has 4 bridgehead atoms. The van der Waals surface area contributed by atoms with Gasteiger partial charge in [0.15, 0.2) is 0 Å². The highest BCUT2D eigenvalue weighted by Gasteiger charge is 2.60. The fourth-order valence-corrected chi connectivity index (χ4v) is 6.64. The second kappa shape index (κ2) is 6.69. The highest BCUT2D eigenvalue weighted by Crippen LogP contribution is 2.67. The molecule has 0 aromatic heterocycles. The summed E-state index contributed by atoms with van der Waals surface area (Å²) in [5, 5.41) is 0. The average molecular weight is 328 g/mol. The third kappa shape index (κ3) is 2.86. The summed E-state index contributed by atoms with van der Waals surface area (Å²) >= 11 is 0. The van der Waals surface area contributed by atoms with E-state index < -0.39 is 0 Å². The molecule has 0 aliphatic heterocycles. The first kappa shape index (κ1) is 16.4. The Bertz CT molecular complexity index is 534. The molecule has 2 nitrogen and oxygen atoms in total. The number of carbonyl (C=O) groups excluding carboxylic acids is 1. The molecule has 7 atom stereocenters. The molecule has 7 unspecified atom stereocenters. The minimum Gasteiger partial charge on any atom is -0.462 e. The van der Waals surface area contributed by atoms with Crippen LogP contribution in [0.25, 0.3) is 0 Å². The number of ether oxygens (including phenoxy) is 1. The zero-order valence-corrected chi connectivity index (χ0v) is 15.1. The molecule has 0 aromatic rings. The number of hydrogen-bond acceptors (Lipinski definition) is 2. The SMILES string of the molecule is C=C(C)C(=O)OCCCCCCC1CC2CC1C1C3C=CC(C3)C21. The van der Waals surface area contributed by atoms with E-state index >= 15 is 0 Å². The summed E-state index contributed by atoms with van der Waals surface area (Å²) in [5.74, 6) is 6.92. The largest absolute Gasteiger partial charge is 0.462 e. The molecule has 4 rings (SSSR count). The maximum absolute atomic E-state index is 11.3. The molecular formula is C22H32O2. The molecule has 0 saturated heterocycles. The summed E-state index contributed by atoms with van der Waals surface area (Å²) in [6.07, 6.45) is 15.9. The van der Waals surface area contributed by atoms with E-state index in [1.807, 2.05) is 0 Å². The van der Waals surface area contributed by atoms with E-state index in [4.69, 9.17) is 4.74 Å². The Kier molecular flexibility index (Phi) is 4.58. The minimum absolute atomic E-state index is 0.244. The standard InChI is InChI=1S/C22H32O2/c1-14(2)22(23)24-10-6-4-3-5-7-15-11-18-13-19(15)21-17-9-8-16(12-17)20(18)21/h8-9,15-21H,1,3-7,10-13H2,2H3. The van der Waals surface area contributed by atoms with Crippen LogP contribution in [0, 0.1) is 41.4 Å². The van der Waals surface area contributed by atoms with Crippen molar-refractivity contribution in [3.05, 3.63) is 24.3 Å². The van der Waals surface area contributed by atoms with Gasteiger partial charge in [-0.2, -0.15) is 0 Å². The van der Waals surface area contributed by atoms with Gasteiger partial charge in [0, 0.05) is 5.57 Å². The molecular weight excluding hydrogens is 296 g/mol. The lowest BCUT2D eigenvalue weighted by molar-refractivity contribution is -0.139. The van der Waals surface area contributed by atoms with Gasteiger partial charge < -0.3 is 4.74 Å². The van der Waals surface area contributed by atoms with Crippen LogP contribution >= 0.6 is 0 Å². The predicted molar refractivity (Wildman–Crippen MR) is 96.3 cm³/mol. The zero-order valence-electron chi connectivity index (χ0n) is 15.1. The first-order chi connectivity index (χ1) is 11.6. The Hall–Kier alpha value is -1.05. The van der Waals surface area contributed by atoms with E-state index in [1.54, 1.807) is 13.3 Å². The molecule has 24 heavy (non-hydrogen) atoms. The molecule has 0 heterocycles. The Morgan fingerprint density at radius 2 is 1.79 bits per heavy atom. The van der Waals surface area contributed by atoms with Gasteiger partial charge in [0.1, 0.15) is 0 Å². The summed E-state index contributed by atoms with van der Waals surface area (Å²) in [5.41, 5.74) is 0.500. The lowest BCUT2D eigenvalue weighted by Gasteiger charge is -2.36. The van der Waals surface area contributed by atoms with E-state index in [0.717, 1.165) is 47.8 Å². The van der Waals surface area contributed by atoms with Crippen molar-refractivity contribution < 1.29 is 9.53 Å². The number of esters is 1. The Labute approximate surface area is 146 Å². The van der Waals surface area contributed by atoms with Gasteiger partial charge in [0.25, 0.3) is 0 Å². The van der Waals surface area contributed by atoms with Crippen molar-refractivity contribution in [1.29, 1.82) is 0 Å². The lowest BCUT2D eigenvalue weighted by Crippen LogP contribution is -2.30. The maximum atomic E-state index is 11.3. The van der Waals surface area contributed by atoms with Crippen LogP contribution in [0.5, 0.6) is 0 Å². The van der Waals surface area contributed by atoms with Crippen molar-refractivity contribution in [3.8, 4) is 0 Å². The van der Waals surface area contributed by atoms with Gasteiger partial charge in [-0.3, -0.25) is 0 Å². The number of fused-ring (bicyclic) bond motifs is 9. The van der Waals surface area contributed by atoms with Crippen molar-refractivity contribution in [2.45, 2.75) is 58.3 Å². The third-order valence-corrected chi connectivity index (χ3v) is 7.46. The molecule has 0 radical (unpaired) electrons. The maximum Gasteiger partial charge on any atom is 0.333 e. The molecule has 0 N–H and O–H groups in total. The van der Waals surface area contributed by atoms with E-state index in [2.05, 4.69) is 18.7 Å². The smallest absolute Gasteiger partial charge is 0.333 e. The Morgan fingerprint density at radius 3 is 2.58 bits per heavy atom. The highest BCUT2D eigenvalue weighted by atomic mass is 16.5. The van der Waals surface area contributed by atoms with E-state index in [9.17, 15) is 4.79 Å². The predicted octanol–water partition coefficient (Wildman–Crippen LogP) is 5.15. The number of allylic oxidation sites excluding steroid dienone is 2. The fraction of sp³-hybridized carbons (Fsp3) is 0.773. The number of hydrogen-bond donors (Lipinski definition) is 0. The monoisotopic (exact) mass is 328 g/mol. The second-order valence-corrected chi connectivity index (χ2v) is 8.88. The van der Waals surface area contributed by atoms with Gasteiger partial charge in [-0.05, 0) is 74.0 Å². The van der Waals surface area contributed by atoms with Crippen LogP contribution in [0.4, 0.5) is 0 Å². The number of unbranched alkanes of at least 4 members (excludes halogenated alkanes) is 3. The van der Waals surface area contributed by atoms with Crippen LogP contribution < -0.4 is 0 Å².